The SMILES string of the molecule is CC(=O)NC1CN(C(C(=O)OC(C)(C)C)=C(C)CO)C1=O.c1cc2cc-2c1. The number of amides is 2. The number of aliphatic hydroxyl groups excluding tert-OH is 1. The summed E-state index contributed by atoms with van der Waals surface area (Å²) < 4.78 is 5.26. The van der Waals surface area contributed by atoms with E-state index in [1.807, 2.05) is 0 Å². The van der Waals surface area contributed by atoms with E-state index in [-0.39, 0.29) is 30.7 Å². The first kappa shape index (κ1) is 20.6. The van der Waals surface area contributed by atoms with Crippen molar-refractivity contribution >= 4 is 17.8 Å². The molecule has 0 aromatic heterocycles. The summed E-state index contributed by atoms with van der Waals surface area (Å²) in [6.45, 7) is 7.85. The van der Waals surface area contributed by atoms with Crippen molar-refractivity contribution in [1.29, 1.82) is 0 Å². The van der Waals surface area contributed by atoms with Crippen molar-refractivity contribution in [3.63, 3.8) is 0 Å². The Labute approximate surface area is 159 Å². The van der Waals surface area contributed by atoms with Crippen LogP contribution in [-0.4, -0.2) is 52.6 Å². The van der Waals surface area contributed by atoms with Crippen LogP contribution in [0.15, 0.2) is 35.5 Å². The van der Waals surface area contributed by atoms with Crippen LogP contribution in [0.3, 0.4) is 0 Å². The van der Waals surface area contributed by atoms with Crippen LogP contribution >= 0.6 is 0 Å². The lowest BCUT2D eigenvalue weighted by atomic mass is 10.0. The molecule has 1 unspecified atom stereocenters. The average molecular weight is 374 g/mol. The van der Waals surface area contributed by atoms with Gasteiger partial charge in [-0.05, 0) is 50.5 Å². The zero-order valence-corrected chi connectivity index (χ0v) is 16.3. The van der Waals surface area contributed by atoms with Crippen molar-refractivity contribution in [2.45, 2.75) is 46.3 Å². The number of ether oxygens (including phenoxy) is 1. The first-order chi connectivity index (χ1) is 12.5. The lowest BCUT2D eigenvalue weighted by Gasteiger charge is -2.40. The molecule has 0 spiro atoms. The Morgan fingerprint density at radius 2 is 1.85 bits per heavy atom. The molecule has 0 bridgehead atoms. The van der Waals surface area contributed by atoms with Gasteiger partial charge in [-0.2, -0.15) is 0 Å². The van der Waals surface area contributed by atoms with Crippen LogP contribution < -0.4 is 5.32 Å². The number of benzene rings is 1. The summed E-state index contributed by atoms with van der Waals surface area (Å²) in [5, 5.41) is 11.7. The molecule has 1 atom stereocenters. The molecule has 2 amide bonds. The molecule has 1 saturated heterocycles. The van der Waals surface area contributed by atoms with Gasteiger partial charge in [0.15, 0.2) is 0 Å². The molecule has 146 valence electrons. The van der Waals surface area contributed by atoms with E-state index < -0.39 is 17.6 Å². The maximum absolute atomic E-state index is 12.2. The third-order valence-electron chi connectivity index (χ3n) is 3.92. The van der Waals surface area contributed by atoms with Gasteiger partial charge in [0.2, 0.25) is 5.91 Å². The number of aliphatic hydroxyl groups is 1. The van der Waals surface area contributed by atoms with Crippen LogP contribution in [0.25, 0.3) is 11.1 Å². The highest BCUT2D eigenvalue weighted by Crippen LogP contribution is 2.32. The Bertz CT molecular complexity index is 775. The minimum atomic E-state index is -0.705. The molecule has 0 radical (unpaired) electrons. The second-order valence-corrected chi connectivity index (χ2v) is 7.57. The standard InChI is InChI=1S/C14H22N2O5.C6H4/c1-8(7-17)11(13(20)21-14(3,4)5)16-6-10(12(16)19)15-9(2)18;1-2-5-4-6(5)3-1/h10,17H,6-7H2,1-5H3,(H,15,18);1-4H. The second kappa shape index (κ2) is 7.92. The molecule has 2 N–H and O–H groups in total. The third kappa shape index (κ3) is 5.40. The molecule has 2 aliphatic carbocycles. The Morgan fingerprint density at radius 1 is 1.26 bits per heavy atom. The van der Waals surface area contributed by atoms with Gasteiger partial charge >= 0.3 is 5.97 Å². The van der Waals surface area contributed by atoms with Gasteiger partial charge in [0.25, 0.3) is 5.91 Å². The predicted octanol–water partition coefficient (Wildman–Crippen LogP) is 1.61. The van der Waals surface area contributed by atoms with Crippen molar-refractivity contribution in [2.75, 3.05) is 13.2 Å². The fourth-order valence-corrected chi connectivity index (χ4v) is 2.57. The zero-order valence-electron chi connectivity index (χ0n) is 16.3. The maximum atomic E-state index is 12.2. The number of β-lactam (4-membered cyclic amide) rings is 1. The highest BCUT2D eigenvalue weighted by molar-refractivity contribution is 6.00. The molecule has 1 aliphatic heterocycles. The summed E-state index contributed by atoms with van der Waals surface area (Å²) in [5.74, 6) is -1.36. The summed E-state index contributed by atoms with van der Waals surface area (Å²) in [6.07, 6.45) is 0. The van der Waals surface area contributed by atoms with Crippen LogP contribution in [0.5, 0.6) is 0 Å². The molecule has 0 aromatic carbocycles. The third-order valence-corrected chi connectivity index (χ3v) is 3.92. The number of carbonyl (C=O) groups excluding carboxylic acids is 3. The summed E-state index contributed by atoms with van der Waals surface area (Å²) >= 11 is 0. The van der Waals surface area contributed by atoms with Gasteiger partial charge in [-0.25, -0.2) is 4.79 Å². The van der Waals surface area contributed by atoms with E-state index in [9.17, 15) is 19.5 Å². The molecule has 3 aliphatic rings. The van der Waals surface area contributed by atoms with Crippen molar-refractivity contribution < 1.29 is 24.2 Å². The van der Waals surface area contributed by atoms with Gasteiger partial charge in [-0.15, -0.1) is 0 Å². The van der Waals surface area contributed by atoms with Crippen LogP contribution in [0, 0.1) is 0 Å². The number of fused-ring (bicyclic) bond motifs is 1. The second-order valence-electron chi connectivity index (χ2n) is 7.57. The summed E-state index contributed by atoms with van der Waals surface area (Å²) in [7, 11) is 0. The van der Waals surface area contributed by atoms with Crippen molar-refractivity contribution in [2.24, 2.45) is 0 Å². The topological polar surface area (TPSA) is 95.9 Å². The van der Waals surface area contributed by atoms with Gasteiger partial charge < -0.3 is 20.1 Å². The Balaban J connectivity index is 0.000000358. The predicted molar refractivity (Wildman–Crippen MR) is 100 cm³/mol. The van der Waals surface area contributed by atoms with Crippen LogP contribution in [0.1, 0.15) is 34.6 Å². The number of hydrogen-bond donors (Lipinski definition) is 2. The number of rotatable bonds is 4. The number of nitrogens with one attached hydrogen (secondary N) is 1. The molecular formula is C20H26N2O5. The first-order valence-corrected chi connectivity index (χ1v) is 8.76. The highest BCUT2D eigenvalue weighted by Gasteiger charge is 2.43. The smallest absolute Gasteiger partial charge is 0.355 e. The molecule has 27 heavy (non-hydrogen) atoms. The van der Waals surface area contributed by atoms with Crippen molar-refractivity contribution in [1.82, 2.24) is 10.2 Å². The lowest BCUT2D eigenvalue weighted by Crippen LogP contribution is -2.64. The Hall–Kier alpha value is -2.67. The Kier molecular flexibility index (Phi) is 6.05. The molecule has 0 aromatic rings. The summed E-state index contributed by atoms with van der Waals surface area (Å²) in [5.41, 5.74) is 2.53. The van der Waals surface area contributed by atoms with Crippen molar-refractivity contribution in [3.05, 3.63) is 35.5 Å². The van der Waals surface area contributed by atoms with E-state index in [0.717, 1.165) is 0 Å². The normalized spacial score (nSPS) is 17.8. The molecule has 1 fully saturated rings. The zero-order chi connectivity index (χ0) is 20.4. The first-order valence-electron chi connectivity index (χ1n) is 8.76. The average Bonchev–Trinajstić information content (AvgIpc) is 3.17. The van der Waals surface area contributed by atoms with Crippen LogP contribution in [-0.2, 0) is 19.1 Å². The van der Waals surface area contributed by atoms with Crippen LogP contribution in [0.4, 0.5) is 0 Å². The van der Waals surface area contributed by atoms with E-state index in [0.29, 0.717) is 5.57 Å². The fourth-order valence-electron chi connectivity index (χ4n) is 2.57. The van der Waals surface area contributed by atoms with E-state index in [4.69, 9.17) is 4.74 Å². The fraction of sp³-hybridized carbons (Fsp3) is 0.450. The maximum Gasteiger partial charge on any atom is 0.355 e. The van der Waals surface area contributed by atoms with Gasteiger partial charge in [0.05, 0.1) is 13.2 Å². The largest absolute Gasteiger partial charge is 0.455 e. The molecule has 0 saturated carbocycles. The minimum Gasteiger partial charge on any atom is -0.455 e. The van der Waals surface area contributed by atoms with Gasteiger partial charge in [-0.3, -0.25) is 9.59 Å². The molecule has 7 nitrogen and oxygen atoms in total. The number of likely N-dealkylation sites (tertiary alicyclic amines) is 1. The number of esters is 1. The minimum absolute atomic E-state index is 0.0408. The van der Waals surface area contributed by atoms with E-state index in [1.165, 1.54) is 23.0 Å². The number of hydrogen-bond acceptors (Lipinski definition) is 5. The highest BCUT2D eigenvalue weighted by atomic mass is 16.6. The van der Waals surface area contributed by atoms with E-state index in [2.05, 4.69) is 29.6 Å². The number of carbonyl (C=O) groups is 3. The van der Waals surface area contributed by atoms with Crippen molar-refractivity contribution in [3.8, 4) is 11.1 Å². The van der Waals surface area contributed by atoms with E-state index >= 15 is 0 Å². The van der Waals surface area contributed by atoms with Gasteiger partial charge in [0, 0.05) is 6.92 Å². The molecule has 7 heteroatoms. The molecule has 3 rings (SSSR count). The van der Waals surface area contributed by atoms with Gasteiger partial charge in [0.1, 0.15) is 17.3 Å². The molecule has 1 heterocycles. The quantitative estimate of drug-likeness (QED) is 0.482. The van der Waals surface area contributed by atoms with E-state index in [1.54, 1.807) is 27.7 Å². The Morgan fingerprint density at radius 3 is 2.19 bits per heavy atom. The number of nitrogens with zero attached hydrogens (tertiary/aromatic N) is 1. The summed E-state index contributed by atoms with van der Waals surface area (Å²) in [4.78, 5) is 36.4. The lowest BCUT2D eigenvalue weighted by molar-refractivity contribution is -0.157. The molecular weight excluding hydrogens is 348 g/mol. The monoisotopic (exact) mass is 374 g/mol. The summed E-state index contributed by atoms with van der Waals surface area (Å²) in [6, 6.07) is 7.85. The van der Waals surface area contributed by atoms with Gasteiger partial charge in [-0.1, -0.05) is 18.2 Å². The van der Waals surface area contributed by atoms with Crippen LogP contribution in [0.2, 0.25) is 0 Å².